The van der Waals surface area contributed by atoms with Crippen LogP contribution in [0.4, 0.5) is 10.1 Å². The maximum absolute atomic E-state index is 13.3. The molecule has 0 aliphatic rings. The Balaban J connectivity index is 2.35. The zero-order chi connectivity index (χ0) is 17.9. The number of rotatable bonds is 6. The first-order chi connectivity index (χ1) is 11.4. The molecule has 2 unspecified atom stereocenters. The Morgan fingerprint density at radius 2 is 2.17 bits per heavy atom. The number of carbonyl (C=O) groups excluding carboxylic acids is 1. The molecule has 24 heavy (non-hydrogen) atoms. The molecule has 0 aliphatic carbocycles. The summed E-state index contributed by atoms with van der Waals surface area (Å²) in [5.41, 5.74) is 0.950. The van der Waals surface area contributed by atoms with Crippen LogP contribution in [0.1, 0.15) is 20.8 Å². The summed E-state index contributed by atoms with van der Waals surface area (Å²) in [6, 6.07) is 1.30. The Bertz CT molecular complexity index is 724. The molecule has 5 nitrogen and oxygen atoms in total. The van der Waals surface area contributed by atoms with Gasteiger partial charge < -0.3 is 4.90 Å². The second-order valence-corrected chi connectivity index (χ2v) is 7.00. The molecule has 0 bridgehead atoms. The van der Waals surface area contributed by atoms with Crippen LogP contribution < -0.4 is 4.90 Å². The van der Waals surface area contributed by atoms with Gasteiger partial charge in [0.2, 0.25) is 5.91 Å². The van der Waals surface area contributed by atoms with Gasteiger partial charge in [0.05, 0.1) is 24.3 Å². The molecule has 2 aromatic heterocycles. The van der Waals surface area contributed by atoms with Gasteiger partial charge in [0.1, 0.15) is 11.5 Å². The van der Waals surface area contributed by atoms with E-state index in [1.54, 1.807) is 22.9 Å². The molecule has 0 aliphatic heterocycles. The Kier molecular flexibility index (Phi) is 6.23. The minimum absolute atomic E-state index is 0.0156. The molecular formula is C16H20ClFN4OS. The number of hydrogen-bond acceptors (Lipinski definition) is 4. The van der Waals surface area contributed by atoms with Crippen molar-refractivity contribution in [3.05, 3.63) is 35.6 Å². The summed E-state index contributed by atoms with van der Waals surface area (Å²) in [6.07, 6.45) is 6.19. The highest BCUT2D eigenvalue weighted by Gasteiger charge is 2.27. The lowest BCUT2D eigenvalue weighted by Gasteiger charge is -2.26. The van der Waals surface area contributed by atoms with E-state index in [0.29, 0.717) is 17.9 Å². The number of nitrogens with zero attached hydrogens (tertiary/aromatic N) is 4. The molecule has 8 heteroatoms. The highest BCUT2D eigenvalue weighted by atomic mass is 35.5. The number of amides is 1. The van der Waals surface area contributed by atoms with Crippen LogP contribution in [0.3, 0.4) is 0 Å². The molecule has 0 saturated heterocycles. The fourth-order valence-corrected chi connectivity index (χ4v) is 3.04. The monoisotopic (exact) mass is 370 g/mol. The van der Waals surface area contributed by atoms with E-state index in [9.17, 15) is 9.18 Å². The van der Waals surface area contributed by atoms with E-state index in [2.05, 4.69) is 10.1 Å². The third kappa shape index (κ3) is 3.89. The van der Waals surface area contributed by atoms with Gasteiger partial charge in [0.25, 0.3) is 0 Å². The van der Waals surface area contributed by atoms with Gasteiger partial charge in [-0.2, -0.15) is 16.9 Å². The van der Waals surface area contributed by atoms with Crippen molar-refractivity contribution in [2.45, 2.75) is 26.0 Å². The minimum Gasteiger partial charge on any atom is -0.308 e. The fourth-order valence-electron chi connectivity index (χ4n) is 2.28. The summed E-state index contributed by atoms with van der Waals surface area (Å²) in [5, 5.41) is 4.55. The van der Waals surface area contributed by atoms with Crippen molar-refractivity contribution in [3.8, 4) is 5.69 Å². The highest BCUT2D eigenvalue weighted by Crippen LogP contribution is 2.29. The summed E-state index contributed by atoms with van der Waals surface area (Å²) < 4.78 is 14.8. The average molecular weight is 371 g/mol. The second kappa shape index (κ2) is 7.98. The summed E-state index contributed by atoms with van der Waals surface area (Å²) in [4.78, 5) is 18.2. The van der Waals surface area contributed by atoms with E-state index < -0.39 is 5.82 Å². The lowest BCUT2D eigenvalue weighted by molar-refractivity contribution is -0.121. The van der Waals surface area contributed by atoms with E-state index in [1.807, 2.05) is 27.0 Å². The van der Waals surface area contributed by atoms with Crippen LogP contribution in [0, 0.1) is 11.7 Å². The molecule has 0 radical (unpaired) electrons. The van der Waals surface area contributed by atoms with Crippen LogP contribution >= 0.6 is 23.4 Å². The van der Waals surface area contributed by atoms with Gasteiger partial charge in [-0.15, -0.1) is 0 Å². The van der Waals surface area contributed by atoms with Crippen molar-refractivity contribution in [1.82, 2.24) is 14.8 Å². The van der Waals surface area contributed by atoms with Gasteiger partial charge in [-0.3, -0.25) is 9.78 Å². The van der Waals surface area contributed by atoms with Crippen molar-refractivity contribution < 1.29 is 9.18 Å². The standard InChI is InChI=1S/C16H20ClFN4OS/c1-5-21(16(23)10(2)11(3)24-4)14-9-22(20-15(14)17)13-6-12(18)7-19-8-13/h6-11H,5H2,1-4H3. The van der Waals surface area contributed by atoms with Crippen molar-refractivity contribution in [2.24, 2.45) is 5.92 Å². The molecule has 2 rings (SSSR count). The second-order valence-electron chi connectivity index (χ2n) is 5.42. The van der Waals surface area contributed by atoms with E-state index in [0.717, 1.165) is 6.20 Å². The van der Waals surface area contributed by atoms with Gasteiger partial charge in [0.15, 0.2) is 5.15 Å². The first kappa shape index (κ1) is 18.7. The van der Waals surface area contributed by atoms with Gasteiger partial charge in [-0.25, -0.2) is 9.07 Å². The number of carbonyl (C=O) groups is 1. The Labute approximate surface area is 150 Å². The van der Waals surface area contributed by atoms with E-state index in [1.165, 1.54) is 16.9 Å². The predicted molar refractivity (Wildman–Crippen MR) is 96.5 cm³/mol. The molecule has 2 heterocycles. The van der Waals surface area contributed by atoms with Gasteiger partial charge in [-0.05, 0) is 13.2 Å². The fraction of sp³-hybridized carbons (Fsp3) is 0.438. The number of halogens is 2. The Morgan fingerprint density at radius 3 is 2.75 bits per heavy atom. The number of hydrogen-bond donors (Lipinski definition) is 0. The lowest BCUT2D eigenvalue weighted by Crippen LogP contribution is -2.38. The van der Waals surface area contributed by atoms with Crippen LogP contribution in [0.25, 0.3) is 5.69 Å². The maximum Gasteiger partial charge on any atom is 0.231 e. The number of thioether (sulfide) groups is 1. The SMILES string of the molecule is CCN(C(=O)C(C)C(C)SC)c1cn(-c2cncc(F)c2)nc1Cl. The van der Waals surface area contributed by atoms with Crippen LogP contribution in [-0.2, 0) is 4.79 Å². The van der Waals surface area contributed by atoms with E-state index in [4.69, 9.17) is 11.6 Å². The molecule has 2 atom stereocenters. The van der Waals surface area contributed by atoms with E-state index in [-0.39, 0.29) is 22.2 Å². The largest absolute Gasteiger partial charge is 0.308 e. The topological polar surface area (TPSA) is 51.0 Å². The summed E-state index contributed by atoms with van der Waals surface area (Å²) in [6.45, 7) is 6.27. The number of anilines is 1. The lowest BCUT2D eigenvalue weighted by atomic mass is 10.1. The third-order valence-electron chi connectivity index (χ3n) is 3.94. The van der Waals surface area contributed by atoms with Crippen LogP contribution in [0.2, 0.25) is 5.15 Å². The molecule has 0 aromatic carbocycles. The number of pyridine rings is 1. The van der Waals surface area contributed by atoms with Crippen molar-refractivity contribution in [3.63, 3.8) is 0 Å². The zero-order valence-corrected chi connectivity index (χ0v) is 15.6. The number of aromatic nitrogens is 3. The molecule has 0 saturated carbocycles. The normalized spacial score (nSPS) is 13.6. The Morgan fingerprint density at radius 1 is 1.46 bits per heavy atom. The predicted octanol–water partition coefficient (Wildman–Crippen LogP) is 3.80. The first-order valence-corrected chi connectivity index (χ1v) is 9.25. The van der Waals surface area contributed by atoms with E-state index >= 15 is 0 Å². The van der Waals surface area contributed by atoms with Crippen molar-refractivity contribution in [1.29, 1.82) is 0 Å². The smallest absolute Gasteiger partial charge is 0.231 e. The highest BCUT2D eigenvalue weighted by molar-refractivity contribution is 7.99. The third-order valence-corrected chi connectivity index (χ3v) is 5.37. The summed E-state index contributed by atoms with van der Waals surface area (Å²) >= 11 is 7.87. The first-order valence-electron chi connectivity index (χ1n) is 7.59. The quantitative estimate of drug-likeness (QED) is 0.776. The summed E-state index contributed by atoms with van der Waals surface area (Å²) in [5.74, 6) is -0.639. The molecule has 2 aromatic rings. The van der Waals surface area contributed by atoms with Gasteiger partial charge in [-0.1, -0.05) is 25.4 Å². The molecular weight excluding hydrogens is 351 g/mol. The van der Waals surface area contributed by atoms with Gasteiger partial charge >= 0.3 is 0 Å². The van der Waals surface area contributed by atoms with Crippen molar-refractivity contribution in [2.75, 3.05) is 17.7 Å². The molecule has 0 fully saturated rings. The van der Waals surface area contributed by atoms with Gasteiger partial charge in [0, 0.05) is 23.8 Å². The van der Waals surface area contributed by atoms with Crippen LogP contribution in [-0.4, -0.2) is 38.7 Å². The average Bonchev–Trinajstić information content (AvgIpc) is 2.96. The zero-order valence-electron chi connectivity index (χ0n) is 14.0. The molecule has 130 valence electrons. The van der Waals surface area contributed by atoms with Crippen LogP contribution in [0.5, 0.6) is 0 Å². The summed E-state index contributed by atoms with van der Waals surface area (Å²) in [7, 11) is 0. The Hall–Kier alpha value is -1.60. The minimum atomic E-state index is -0.466. The van der Waals surface area contributed by atoms with Crippen LogP contribution in [0.15, 0.2) is 24.7 Å². The maximum atomic E-state index is 13.3. The molecule has 0 spiro atoms. The van der Waals surface area contributed by atoms with Crippen molar-refractivity contribution >= 4 is 35.0 Å². The molecule has 0 N–H and O–H groups in total. The molecule has 1 amide bonds.